The number of hydrogen-bond donors (Lipinski definition) is 2. The van der Waals surface area contributed by atoms with Crippen LogP contribution < -0.4 is 5.32 Å². The zero-order valence-corrected chi connectivity index (χ0v) is 25.2. The highest BCUT2D eigenvalue weighted by atomic mass is 35.5. The highest BCUT2D eigenvalue weighted by molar-refractivity contribution is 7.89. The average molecular weight is 643 g/mol. The van der Waals surface area contributed by atoms with Gasteiger partial charge in [0.05, 0.1) is 27.9 Å². The minimum Gasteiger partial charge on any atom is -0.481 e. The van der Waals surface area contributed by atoms with Crippen molar-refractivity contribution in [2.75, 3.05) is 19.7 Å². The average Bonchev–Trinajstić information content (AvgIpc) is 3.49. The van der Waals surface area contributed by atoms with Crippen molar-refractivity contribution in [2.24, 2.45) is 16.3 Å². The molecule has 42 heavy (non-hydrogen) atoms. The molecule has 3 aliphatic rings. The molecule has 1 aromatic carbocycles. The number of amidine groups is 1. The van der Waals surface area contributed by atoms with E-state index in [4.69, 9.17) is 16.3 Å². The summed E-state index contributed by atoms with van der Waals surface area (Å²) < 4.78 is 61.9. The van der Waals surface area contributed by atoms with Crippen LogP contribution in [0.25, 0.3) is 0 Å². The van der Waals surface area contributed by atoms with Gasteiger partial charge in [0.15, 0.2) is 22.5 Å². The Kier molecular flexibility index (Phi) is 8.45. The number of aromatic nitrogens is 1. The van der Waals surface area contributed by atoms with Crippen LogP contribution in [0, 0.1) is 23.0 Å². The number of carbonyl (C=O) groups excluding carboxylic acids is 1. The summed E-state index contributed by atoms with van der Waals surface area (Å²) in [5.41, 5.74) is -0.484. The summed E-state index contributed by atoms with van der Waals surface area (Å²) in [5.74, 6) is -4.19. The lowest BCUT2D eigenvalue weighted by Gasteiger charge is -2.44. The van der Waals surface area contributed by atoms with E-state index in [1.54, 1.807) is 25.4 Å². The minimum atomic E-state index is -3.72. The van der Waals surface area contributed by atoms with E-state index in [0.29, 0.717) is 29.4 Å². The van der Waals surface area contributed by atoms with E-state index in [9.17, 15) is 31.9 Å². The van der Waals surface area contributed by atoms with Crippen LogP contribution in [0.5, 0.6) is 0 Å². The molecule has 5 rings (SSSR count). The fourth-order valence-corrected chi connectivity index (χ4v) is 8.83. The van der Waals surface area contributed by atoms with Crippen LogP contribution in [0.3, 0.4) is 0 Å². The van der Waals surface area contributed by atoms with Crippen molar-refractivity contribution >= 4 is 50.7 Å². The highest BCUT2D eigenvalue weighted by Crippen LogP contribution is 2.46. The van der Waals surface area contributed by atoms with E-state index in [1.165, 1.54) is 21.7 Å². The number of nitrogens with zero attached hydrogens (tertiary/aromatic N) is 3. The zero-order valence-electron chi connectivity index (χ0n) is 22.8. The van der Waals surface area contributed by atoms with Crippen LogP contribution in [-0.4, -0.2) is 65.5 Å². The first-order chi connectivity index (χ1) is 19.9. The molecule has 0 amide bonds. The van der Waals surface area contributed by atoms with Crippen LogP contribution in [0.4, 0.5) is 8.78 Å². The summed E-state index contributed by atoms with van der Waals surface area (Å²) >= 11 is 7.52. The molecule has 0 radical (unpaired) electrons. The second-order valence-corrected chi connectivity index (χ2v) is 14.3. The van der Waals surface area contributed by atoms with E-state index in [2.05, 4.69) is 15.3 Å². The van der Waals surface area contributed by atoms with Gasteiger partial charge in [0.25, 0.3) is 0 Å². The number of carbonyl (C=O) groups is 2. The molecule has 1 saturated heterocycles. The number of halogens is 3. The Bertz CT molecular complexity index is 1570. The Morgan fingerprint density at radius 2 is 1.95 bits per heavy atom. The maximum absolute atomic E-state index is 14.6. The lowest BCUT2D eigenvalue weighted by Crippen LogP contribution is -2.54. The van der Waals surface area contributed by atoms with Gasteiger partial charge in [0.1, 0.15) is 6.04 Å². The number of hydrogen-bond acceptors (Lipinski definition) is 9. The number of thiazole rings is 1. The lowest BCUT2D eigenvalue weighted by molar-refractivity contribution is -0.152. The number of nitrogens with one attached hydrogen (secondary N) is 1. The predicted molar refractivity (Wildman–Crippen MR) is 152 cm³/mol. The number of ether oxygens (including phenoxy) is 1. The smallest absolute Gasteiger partial charge is 0.338 e. The summed E-state index contributed by atoms with van der Waals surface area (Å²) in [6.45, 7) is 3.52. The molecule has 0 bridgehead atoms. The number of carboxylic acid groups (broad SMARTS) is 1. The summed E-state index contributed by atoms with van der Waals surface area (Å²) in [7, 11) is -3.72. The molecule has 2 N–H and O–H groups in total. The Hall–Kier alpha value is -2.94. The van der Waals surface area contributed by atoms with Crippen molar-refractivity contribution < 1.29 is 36.6 Å². The third kappa shape index (κ3) is 5.45. The zero-order chi connectivity index (χ0) is 30.4. The number of benzene rings is 1. The Morgan fingerprint density at radius 3 is 2.55 bits per heavy atom. The third-order valence-corrected chi connectivity index (χ3v) is 11.5. The van der Waals surface area contributed by atoms with Crippen LogP contribution >= 0.6 is 22.9 Å². The number of piperidine rings is 1. The van der Waals surface area contributed by atoms with Gasteiger partial charge in [-0.3, -0.25) is 9.79 Å². The van der Waals surface area contributed by atoms with Crippen molar-refractivity contribution in [3.8, 4) is 0 Å². The molecule has 1 aromatic heterocycles. The highest BCUT2D eigenvalue weighted by Gasteiger charge is 2.53. The molecule has 3 heterocycles. The van der Waals surface area contributed by atoms with Gasteiger partial charge in [-0.2, -0.15) is 0 Å². The van der Waals surface area contributed by atoms with Gasteiger partial charge in [0.2, 0.25) is 10.0 Å². The van der Waals surface area contributed by atoms with Gasteiger partial charge in [-0.05, 0) is 45.6 Å². The second kappa shape index (κ2) is 11.6. The maximum atomic E-state index is 14.6. The van der Waals surface area contributed by atoms with Crippen molar-refractivity contribution in [3.05, 3.63) is 62.2 Å². The second-order valence-electron chi connectivity index (χ2n) is 10.8. The summed E-state index contributed by atoms with van der Waals surface area (Å²) in [4.78, 5) is 33.8. The molecule has 2 aliphatic heterocycles. The predicted octanol–water partition coefficient (Wildman–Crippen LogP) is 4.28. The molecule has 1 atom stereocenters. The van der Waals surface area contributed by atoms with Gasteiger partial charge in [-0.25, -0.2) is 31.3 Å². The Morgan fingerprint density at radius 1 is 1.26 bits per heavy atom. The number of carboxylic acids is 1. The van der Waals surface area contributed by atoms with Gasteiger partial charge >= 0.3 is 11.9 Å². The van der Waals surface area contributed by atoms with E-state index in [-0.39, 0.29) is 49.6 Å². The molecule has 226 valence electrons. The van der Waals surface area contributed by atoms with Gasteiger partial charge in [0, 0.05) is 41.8 Å². The van der Waals surface area contributed by atoms with Crippen molar-refractivity contribution in [1.29, 1.82) is 0 Å². The molecule has 1 unspecified atom stereocenters. The molecule has 2 fully saturated rings. The molecular weight excluding hydrogens is 614 g/mol. The number of allylic oxidation sites excluding steroid dienone is 1. The van der Waals surface area contributed by atoms with Gasteiger partial charge in [-0.15, -0.1) is 11.3 Å². The lowest BCUT2D eigenvalue weighted by atomic mass is 9.70. The number of sulfonamides is 1. The van der Waals surface area contributed by atoms with Crippen LogP contribution in [0.1, 0.15) is 56.1 Å². The topological polar surface area (TPSA) is 138 Å². The van der Waals surface area contributed by atoms with Crippen molar-refractivity contribution in [1.82, 2.24) is 14.6 Å². The Labute approximate surface area is 250 Å². The molecule has 1 saturated carbocycles. The Balaban J connectivity index is 1.48. The van der Waals surface area contributed by atoms with Gasteiger partial charge in [-0.1, -0.05) is 17.7 Å². The maximum Gasteiger partial charge on any atom is 0.338 e. The van der Waals surface area contributed by atoms with E-state index < -0.39 is 55.3 Å². The number of esters is 1. The quantitative estimate of drug-likeness (QED) is 0.322. The standard InChI is InChI=1S/C27H29ClF2N4O6S2/c1-3-40-25(35)18-21(14-6-9-34(10-7-14)42(38,39)15-12-27(2,13-15)26(36)37)32-23(24-31-8-11-41-24)33-22(18)16-4-5-17(29)20(30)19(16)28/h4-5,8,11,14-15,22H,3,6-7,9-10,12-13H2,1-2H3,(H,32,33)(H,36,37)/t15-,22?,27-. The summed E-state index contributed by atoms with van der Waals surface area (Å²) in [6.07, 6.45) is 2.34. The number of rotatable bonds is 8. The van der Waals surface area contributed by atoms with Crippen LogP contribution in [0.15, 0.2) is 40.0 Å². The van der Waals surface area contributed by atoms with Crippen LogP contribution in [0.2, 0.25) is 5.02 Å². The molecule has 15 heteroatoms. The van der Waals surface area contributed by atoms with Crippen molar-refractivity contribution in [3.63, 3.8) is 0 Å². The first kappa shape index (κ1) is 30.5. The fourth-order valence-electron chi connectivity index (χ4n) is 5.69. The molecule has 1 aliphatic carbocycles. The van der Waals surface area contributed by atoms with Crippen molar-refractivity contribution in [2.45, 2.75) is 50.8 Å². The molecular formula is C27H29ClF2N4O6S2. The molecule has 10 nitrogen and oxygen atoms in total. The monoisotopic (exact) mass is 642 g/mol. The molecule has 0 spiro atoms. The minimum absolute atomic E-state index is 0.0459. The third-order valence-electron chi connectivity index (χ3n) is 8.08. The van der Waals surface area contributed by atoms with E-state index >= 15 is 0 Å². The fraction of sp³-hybridized carbons (Fsp3) is 0.481. The van der Waals surface area contributed by atoms with Gasteiger partial charge < -0.3 is 15.2 Å². The first-order valence-electron chi connectivity index (χ1n) is 13.4. The normalized spacial score (nSPS) is 25.4. The first-order valence-corrected chi connectivity index (χ1v) is 16.1. The number of aliphatic imine (C=N–C) groups is 1. The molecule has 2 aromatic rings. The largest absolute Gasteiger partial charge is 0.481 e. The van der Waals surface area contributed by atoms with E-state index in [0.717, 1.165) is 6.07 Å². The summed E-state index contributed by atoms with van der Waals surface area (Å²) in [6, 6.07) is 1.04. The van der Waals surface area contributed by atoms with Crippen LogP contribution in [-0.2, 0) is 24.3 Å². The SMILES string of the molecule is CCOC(=O)C1=C(C2CCN(S(=O)(=O)[C@H]3C[C@](C)(C(=O)O)C3)CC2)NC(c2nccs2)=NC1c1ccc(F)c(F)c1Cl. The number of aliphatic carboxylic acids is 1. The summed E-state index contributed by atoms with van der Waals surface area (Å²) in [5, 5.41) is 13.6. The van der Waals surface area contributed by atoms with E-state index in [1.807, 2.05) is 0 Å².